The van der Waals surface area contributed by atoms with Crippen molar-refractivity contribution in [3.63, 3.8) is 0 Å². The number of nitrogens with zero attached hydrogens (tertiary/aromatic N) is 1. The van der Waals surface area contributed by atoms with Gasteiger partial charge in [-0.3, -0.25) is 9.59 Å². The molecule has 1 amide bonds. The molecule has 0 bridgehead atoms. The molecule has 0 unspecified atom stereocenters. The highest BCUT2D eigenvalue weighted by molar-refractivity contribution is 5.74. The van der Waals surface area contributed by atoms with Crippen LogP contribution in [0, 0.1) is 0 Å². The fourth-order valence-electron chi connectivity index (χ4n) is 2.01. The molecule has 1 rings (SSSR count). The summed E-state index contributed by atoms with van der Waals surface area (Å²) in [4.78, 5) is 23.5. The predicted octanol–water partition coefficient (Wildman–Crippen LogP) is 1.25. The van der Waals surface area contributed by atoms with Gasteiger partial charge in [0.15, 0.2) is 0 Å². The molecule has 0 aliphatic carbocycles. The van der Waals surface area contributed by atoms with E-state index in [9.17, 15) is 9.59 Å². The standard InChI is InChI=1S/C10H17NO3/c1-8(12)11-7-3-2-4-9(11)5-6-10(13)14/h9H,2-7H2,1H3,(H,13,14)/t9-/m1/s1. The lowest BCUT2D eigenvalue weighted by atomic mass is 9.98. The van der Waals surface area contributed by atoms with Crippen LogP contribution in [-0.2, 0) is 9.59 Å². The molecule has 4 nitrogen and oxygen atoms in total. The van der Waals surface area contributed by atoms with E-state index in [1.165, 1.54) is 0 Å². The smallest absolute Gasteiger partial charge is 0.303 e. The lowest BCUT2D eigenvalue weighted by Gasteiger charge is -2.34. The van der Waals surface area contributed by atoms with Crippen LogP contribution < -0.4 is 0 Å². The van der Waals surface area contributed by atoms with E-state index < -0.39 is 5.97 Å². The molecular weight excluding hydrogens is 182 g/mol. The summed E-state index contributed by atoms with van der Waals surface area (Å²) in [6.07, 6.45) is 3.85. The molecule has 0 radical (unpaired) electrons. The van der Waals surface area contributed by atoms with Crippen LogP contribution in [0.3, 0.4) is 0 Å². The lowest BCUT2D eigenvalue weighted by molar-refractivity contribution is -0.139. The molecule has 4 heteroatoms. The third-order valence-electron chi connectivity index (χ3n) is 2.72. The van der Waals surface area contributed by atoms with E-state index in [-0.39, 0.29) is 18.4 Å². The van der Waals surface area contributed by atoms with Crippen molar-refractivity contribution in [1.29, 1.82) is 0 Å². The number of aliphatic carboxylic acids is 1. The molecule has 1 heterocycles. The van der Waals surface area contributed by atoms with E-state index in [2.05, 4.69) is 0 Å². The summed E-state index contributed by atoms with van der Waals surface area (Å²) in [5.74, 6) is -0.709. The zero-order valence-corrected chi connectivity index (χ0v) is 8.53. The summed E-state index contributed by atoms with van der Waals surface area (Å²) in [5.41, 5.74) is 0. The van der Waals surface area contributed by atoms with Crippen molar-refractivity contribution < 1.29 is 14.7 Å². The van der Waals surface area contributed by atoms with Gasteiger partial charge in [-0.15, -0.1) is 0 Å². The topological polar surface area (TPSA) is 57.6 Å². The fraction of sp³-hybridized carbons (Fsp3) is 0.800. The zero-order valence-electron chi connectivity index (χ0n) is 8.53. The molecule has 0 aromatic carbocycles. The maximum atomic E-state index is 11.2. The van der Waals surface area contributed by atoms with Crippen LogP contribution in [0.4, 0.5) is 0 Å². The van der Waals surface area contributed by atoms with Gasteiger partial charge in [0.05, 0.1) is 0 Å². The third-order valence-corrected chi connectivity index (χ3v) is 2.72. The van der Waals surface area contributed by atoms with Gasteiger partial charge in [-0.05, 0) is 25.7 Å². The van der Waals surface area contributed by atoms with E-state index in [4.69, 9.17) is 5.11 Å². The lowest BCUT2D eigenvalue weighted by Crippen LogP contribution is -2.42. The molecule has 80 valence electrons. The van der Waals surface area contributed by atoms with E-state index in [1.54, 1.807) is 6.92 Å². The number of carboxylic acid groups (broad SMARTS) is 1. The molecular formula is C10H17NO3. The van der Waals surface area contributed by atoms with E-state index >= 15 is 0 Å². The average Bonchev–Trinajstić information content (AvgIpc) is 2.15. The minimum Gasteiger partial charge on any atom is -0.481 e. The molecule has 1 fully saturated rings. The maximum Gasteiger partial charge on any atom is 0.303 e. The van der Waals surface area contributed by atoms with Crippen molar-refractivity contribution >= 4 is 11.9 Å². The van der Waals surface area contributed by atoms with E-state index in [0.717, 1.165) is 25.8 Å². The Hall–Kier alpha value is -1.06. The summed E-state index contributed by atoms with van der Waals surface area (Å²) in [6, 6.07) is 0.150. The van der Waals surface area contributed by atoms with E-state index in [0.29, 0.717) is 6.42 Å². The van der Waals surface area contributed by atoms with Crippen LogP contribution in [0.25, 0.3) is 0 Å². The quantitative estimate of drug-likeness (QED) is 0.744. The average molecular weight is 199 g/mol. The first-order chi connectivity index (χ1) is 6.61. The van der Waals surface area contributed by atoms with Crippen LogP contribution >= 0.6 is 0 Å². The minimum atomic E-state index is -0.779. The van der Waals surface area contributed by atoms with Crippen LogP contribution in [0.2, 0.25) is 0 Å². The number of amides is 1. The number of carbonyl (C=O) groups is 2. The second-order valence-electron chi connectivity index (χ2n) is 3.79. The summed E-state index contributed by atoms with van der Waals surface area (Å²) in [5, 5.41) is 8.57. The summed E-state index contributed by atoms with van der Waals surface area (Å²) in [6.45, 7) is 2.35. The van der Waals surface area contributed by atoms with Crippen LogP contribution in [0.5, 0.6) is 0 Å². The molecule has 0 aromatic rings. The van der Waals surface area contributed by atoms with Crippen LogP contribution in [-0.4, -0.2) is 34.5 Å². The predicted molar refractivity (Wildman–Crippen MR) is 51.9 cm³/mol. The van der Waals surface area contributed by atoms with Crippen molar-refractivity contribution in [3.05, 3.63) is 0 Å². The molecule has 0 spiro atoms. The highest BCUT2D eigenvalue weighted by Gasteiger charge is 2.24. The normalized spacial score (nSPS) is 22.1. The Labute approximate surface area is 83.9 Å². The van der Waals surface area contributed by atoms with Crippen LogP contribution in [0.1, 0.15) is 39.0 Å². The van der Waals surface area contributed by atoms with Crippen LogP contribution in [0.15, 0.2) is 0 Å². The van der Waals surface area contributed by atoms with Gasteiger partial charge in [-0.25, -0.2) is 0 Å². The van der Waals surface area contributed by atoms with Crippen molar-refractivity contribution in [2.24, 2.45) is 0 Å². The number of piperidine rings is 1. The second-order valence-corrected chi connectivity index (χ2v) is 3.79. The second kappa shape index (κ2) is 4.98. The Kier molecular flexibility index (Phi) is 3.92. The summed E-state index contributed by atoms with van der Waals surface area (Å²) < 4.78 is 0. The minimum absolute atomic E-state index is 0.0695. The molecule has 1 atom stereocenters. The number of carboxylic acids is 1. The highest BCUT2D eigenvalue weighted by atomic mass is 16.4. The number of carbonyl (C=O) groups excluding carboxylic acids is 1. The van der Waals surface area contributed by atoms with Gasteiger partial charge in [0, 0.05) is 25.9 Å². The van der Waals surface area contributed by atoms with Crippen molar-refractivity contribution in [3.8, 4) is 0 Å². The first-order valence-electron chi connectivity index (χ1n) is 5.10. The van der Waals surface area contributed by atoms with Gasteiger partial charge in [0.25, 0.3) is 0 Å². The summed E-state index contributed by atoms with van der Waals surface area (Å²) >= 11 is 0. The Balaban J connectivity index is 2.45. The molecule has 1 aliphatic heterocycles. The zero-order chi connectivity index (χ0) is 10.6. The Morgan fingerprint density at radius 1 is 1.43 bits per heavy atom. The molecule has 14 heavy (non-hydrogen) atoms. The number of hydrogen-bond donors (Lipinski definition) is 1. The van der Waals surface area contributed by atoms with Crippen molar-refractivity contribution in [1.82, 2.24) is 4.90 Å². The highest BCUT2D eigenvalue weighted by Crippen LogP contribution is 2.20. The Morgan fingerprint density at radius 2 is 2.14 bits per heavy atom. The summed E-state index contributed by atoms with van der Waals surface area (Å²) in [7, 11) is 0. The van der Waals surface area contributed by atoms with Gasteiger partial charge in [-0.1, -0.05) is 0 Å². The Morgan fingerprint density at radius 3 is 2.71 bits per heavy atom. The largest absolute Gasteiger partial charge is 0.481 e. The van der Waals surface area contributed by atoms with Gasteiger partial charge in [0.2, 0.25) is 5.91 Å². The van der Waals surface area contributed by atoms with Gasteiger partial charge in [0.1, 0.15) is 0 Å². The van der Waals surface area contributed by atoms with Crippen molar-refractivity contribution in [2.45, 2.75) is 45.1 Å². The van der Waals surface area contributed by atoms with E-state index in [1.807, 2.05) is 4.90 Å². The number of likely N-dealkylation sites (tertiary alicyclic amines) is 1. The maximum absolute atomic E-state index is 11.2. The number of hydrogen-bond acceptors (Lipinski definition) is 2. The molecule has 1 saturated heterocycles. The molecule has 0 saturated carbocycles. The SMILES string of the molecule is CC(=O)N1CCCC[C@@H]1CCC(=O)O. The first-order valence-corrected chi connectivity index (χ1v) is 5.10. The monoisotopic (exact) mass is 199 g/mol. The molecule has 1 N–H and O–H groups in total. The first kappa shape index (κ1) is 11.0. The third kappa shape index (κ3) is 3.01. The number of rotatable bonds is 3. The van der Waals surface area contributed by atoms with Gasteiger partial charge < -0.3 is 10.0 Å². The van der Waals surface area contributed by atoms with Crippen molar-refractivity contribution in [2.75, 3.05) is 6.54 Å². The molecule has 1 aliphatic rings. The van der Waals surface area contributed by atoms with Gasteiger partial charge >= 0.3 is 5.97 Å². The molecule has 0 aromatic heterocycles. The fourth-order valence-corrected chi connectivity index (χ4v) is 2.01. The Bertz CT molecular complexity index is 227. The van der Waals surface area contributed by atoms with Gasteiger partial charge in [-0.2, -0.15) is 0 Å².